The van der Waals surface area contributed by atoms with E-state index in [1.54, 1.807) is 0 Å². The highest BCUT2D eigenvalue weighted by atomic mass is 79.9. The molecule has 5 heteroatoms. The van der Waals surface area contributed by atoms with Gasteiger partial charge in [-0.15, -0.1) is 0 Å². The molecule has 0 amide bonds. The van der Waals surface area contributed by atoms with Gasteiger partial charge in [-0.05, 0) is 50.9 Å². The molecule has 1 aromatic carbocycles. The lowest BCUT2D eigenvalue weighted by Gasteiger charge is -2.10. The Morgan fingerprint density at radius 3 is 2.41 bits per heavy atom. The van der Waals surface area contributed by atoms with Crippen LogP contribution in [0.15, 0.2) is 27.1 Å². The molecule has 3 nitrogen and oxygen atoms in total. The first-order chi connectivity index (χ1) is 8.25. The Hall–Kier alpha value is -0.100. The Morgan fingerprint density at radius 1 is 1.12 bits per heavy atom. The van der Waals surface area contributed by atoms with E-state index in [0.717, 1.165) is 41.0 Å². The molecule has 17 heavy (non-hydrogen) atoms. The third-order valence-electron chi connectivity index (χ3n) is 2.07. The van der Waals surface area contributed by atoms with Crippen LogP contribution in [0, 0.1) is 0 Å². The Labute approximate surface area is 119 Å². The van der Waals surface area contributed by atoms with Gasteiger partial charge in [0.25, 0.3) is 0 Å². The van der Waals surface area contributed by atoms with E-state index in [1.807, 2.05) is 25.1 Å². The number of halogens is 2. The summed E-state index contributed by atoms with van der Waals surface area (Å²) >= 11 is 6.91. The number of hydrogen-bond acceptors (Lipinski definition) is 3. The summed E-state index contributed by atoms with van der Waals surface area (Å²) in [6.07, 6.45) is 0. The molecule has 0 saturated heterocycles. The van der Waals surface area contributed by atoms with E-state index in [0.29, 0.717) is 6.61 Å². The first kappa shape index (κ1) is 15.0. The fraction of sp³-hybridized carbons (Fsp3) is 0.500. The molecule has 0 aliphatic rings. The summed E-state index contributed by atoms with van der Waals surface area (Å²) in [5, 5.41) is 3.25. The summed E-state index contributed by atoms with van der Waals surface area (Å²) in [6, 6.07) is 5.88. The standard InChI is InChI=1S/C12H17Br2NO2/c1-2-16-8-6-15-7-9-17-12-10(13)4-3-5-11(12)14/h3-5,15H,2,6-9H2,1H3. The molecular formula is C12H17Br2NO2. The second-order valence-electron chi connectivity index (χ2n) is 3.35. The van der Waals surface area contributed by atoms with Crippen molar-refractivity contribution in [2.24, 2.45) is 0 Å². The maximum Gasteiger partial charge on any atom is 0.147 e. The Morgan fingerprint density at radius 2 is 1.76 bits per heavy atom. The smallest absolute Gasteiger partial charge is 0.147 e. The monoisotopic (exact) mass is 365 g/mol. The third kappa shape index (κ3) is 5.86. The lowest BCUT2D eigenvalue weighted by molar-refractivity contribution is 0.148. The molecular weight excluding hydrogens is 350 g/mol. The van der Waals surface area contributed by atoms with Gasteiger partial charge in [-0.1, -0.05) is 6.07 Å². The number of ether oxygens (including phenoxy) is 2. The first-order valence-corrected chi connectivity index (χ1v) is 7.19. The van der Waals surface area contributed by atoms with E-state index in [1.165, 1.54) is 0 Å². The topological polar surface area (TPSA) is 30.5 Å². The number of nitrogens with one attached hydrogen (secondary N) is 1. The fourth-order valence-electron chi connectivity index (χ4n) is 1.26. The van der Waals surface area contributed by atoms with Crippen molar-refractivity contribution in [3.63, 3.8) is 0 Å². The van der Waals surface area contributed by atoms with Crippen molar-refractivity contribution in [1.29, 1.82) is 0 Å². The van der Waals surface area contributed by atoms with Gasteiger partial charge in [0.05, 0.1) is 15.6 Å². The second kappa shape index (κ2) is 8.91. The highest BCUT2D eigenvalue weighted by molar-refractivity contribution is 9.11. The molecule has 0 aliphatic carbocycles. The average molecular weight is 367 g/mol. The minimum absolute atomic E-state index is 0.632. The average Bonchev–Trinajstić information content (AvgIpc) is 2.31. The normalized spacial score (nSPS) is 10.5. The van der Waals surface area contributed by atoms with Crippen LogP contribution in [0.25, 0.3) is 0 Å². The summed E-state index contributed by atoms with van der Waals surface area (Å²) < 4.78 is 12.8. The van der Waals surface area contributed by atoms with Crippen LogP contribution >= 0.6 is 31.9 Å². The van der Waals surface area contributed by atoms with E-state index in [9.17, 15) is 0 Å². The Balaban J connectivity index is 2.18. The zero-order valence-corrected chi connectivity index (χ0v) is 13.0. The zero-order valence-electron chi connectivity index (χ0n) is 9.84. The van der Waals surface area contributed by atoms with E-state index in [-0.39, 0.29) is 0 Å². The molecule has 0 fully saturated rings. The van der Waals surface area contributed by atoms with Gasteiger partial charge in [0.1, 0.15) is 12.4 Å². The van der Waals surface area contributed by atoms with Gasteiger partial charge in [0.15, 0.2) is 0 Å². The number of hydrogen-bond donors (Lipinski definition) is 1. The lowest BCUT2D eigenvalue weighted by atomic mass is 10.3. The largest absolute Gasteiger partial charge is 0.490 e. The second-order valence-corrected chi connectivity index (χ2v) is 5.05. The van der Waals surface area contributed by atoms with E-state index in [4.69, 9.17) is 9.47 Å². The number of para-hydroxylation sites is 1. The molecule has 1 rings (SSSR count). The van der Waals surface area contributed by atoms with Crippen LogP contribution in [0.5, 0.6) is 5.75 Å². The quantitative estimate of drug-likeness (QED) is 0.716. The molecule has 96 valence electrons. The van der Waals surface area contributed by atoms with E-state index < -0.39 is 0 Å². The highest BCUT2D eigenvalue weighted by Gasteiger charge is 2.04. The summed E-state index contributed by atoms with van der Waals surface area (Å²) in [5.41, 5.74) is 0. The minimum Gasteiger partial charge on any atom is -0.490 e. The van der Waals surface area contributed by atoms with Crippen molar-refractivity contribution in [3.05, 3.63) is 27.1 Å². The number of rotatable bonds is 8. The molecule has 0 radical (unpaired) electrons. The van der Waals surface area contributed by atoms with Crippen LogP contribution in [0.1, 0.15) is 6.92 Å². The van der Waals surface area contributed by atoms with Gasteiger partial charge in [0.2, 0.25) is 0 Å². The molecule has 0 aromatic heterocycles. The highest BCUT2D eigenvalue weighted by Crippen LogP contribution is 2.32. The van der Waals surface area contributed by atoms with Gasteiger partial charge in [-0.3, -0.25) is 0 Å². The van der Waals surface area contributed by atoms with Crippen molar-refractivity contribution in [1.82, 2.24) is 5.32 Å². The molecule has 0 atom stereocenters. The molecule has 0 bridgehead atoms. The zero-order chi connectivity index (χ0) is 12.5. The van der Waals surface area contributed by atoms with Gasteiger partial charge in [-0.25, -0.2) is 0 Å². The van der Waals surface area contributed by atoms with Crippen LogP contribution in [0.3, 0.4) is 0 Å². The Kier molecular flexibility index (Phi) is 7.84. The Bertz CT molecular complexity index is 314. The lowest BCUT2D eigenvalue weighted by Crippen LogP contribution is -2.25. The maximum atomic E-state index is 5.68. The van der Waals surface area contributed by atoms with E-state index >= 15 is 0 Å². The molecule has 0 unspecified atom stereocenters. The minimum atomic E-state index is 0.632. The van der Waals surface area contributed by atoms with Crippen molar-refractivity contribution in [2.75, 3.05) is 32.9 Å². The van der Waals surface area contributed by atoms with Crippen LogP contribution in [-0.4, -0.2) is 32.9 Å². The maximum absolute atomic E-state index is 5.68. The molecule has 1 aromatic rings. The molecule has 0 saturated carbocycles. The van der Waals surface area contributed by atoms with Crippen molar-refractivity contribution >= 4 is 31.9 Å². The van der Waals surface area contributed by atoms with Crippen LogP contribution in [0.2, 0.25) is 0 Å². The van der Waals surface area contributed by atoms with Gasteiger partial charge >= 0.3 is 0 Å². The summed E-state index contributed by atoms with van der Waals surface area (Å²) in [6.45, 7) is 5.80. The van der Waals surface area contributed by atoms with Crippen molar-refractivity contribution in [3.8, 4) is 5.75 Å². The molecule has 0 heterocycles. The van der Waals surface area contributed by atoms with Crippen LogP contribution in [0.4, 0.5) is 0 Å². The third-order valence-corrected chi connectivity index (χ3v) is 3.32. The van der Waals surface area contributed by atoms with Crippen LogP contribution in [-0.2, 0) is 4.74 Å². The molecule has 1 N–H and O–H groups in total. The summed E-state index contributed by atoms with van der Waals surface area (Å²) in [5.74, 6) is 0.846. The SMILES string of the molecule is CCOCCNCCOc1c(Br)cccc1Br. The van der Waals surface area contributed by atoms with Crippen molar-refractivity contribution < 1.29 is 9.47 Å². The summed E-state index contributed by atoms with van der Waals surface area (Å²) in [7, 11) is 0. The van der Waals surface area contributed by atoms with Gasteiger partial charge in [0, 0.05) is 19.7 Å². The summed E-state index contributed by atoms with van der Waals surface area (Å²) in [4.78, 5) is 0. The first-order valence-electron chi connectivity index (χ1n) is 5.61. The molecule has 0 aliphatic heterocycles. The van der Waals surface area contributed by atoms with Crippen LogP contribution < -0.4 is 10.1 Å². The fourth-order valence-corrected chi connectivity index (χ4v) is 2.49. The predicted molar refractivity (Wildman–Crippen MR) is 76.7 cm³/mol. The number of benzene rings is 1. The van der Waals surface area contributed by atoms with Gasteiger partial charge in [-0.2, -0.15) is 0 Å². The van der Waals surface area contributed by atoms with Gasteiger partial charge < -0.3 is 14.8 Å². The molecule has 0 spiro atoms. The van der Waals surface area contributed by atoms with Crippen molar-refractivity contribution in [2.45, 2.75) is 6.92 Å². The van der Waals surface area contributed by atoms with E-state index in [2.05, 4.69) is 37.2 Å². The predicted octanol–water partition coefficient (Wildman–Crippen LogP) is 3.22.